The van der Waals surface area contributed by atoms with Crippen LogP contribution in [0.15, 0.2) is 174 Å². The molecular formula is C43H28N2O. The molecule has 0 aliphatic carbocycles. The molecule has 3 heteroatoms. The van der Waals surface area contributed by atoms with Crippen molar-refractivity contribution in [2.24, 2.45) is 0 Å². The number of pyridine rings is 1. The van der Waals surface area contributed by atoms with Gasteiger partial charge in [0, 0.05) is 45.5 Å². The van der Waals surface area contributed by atoms with Gasteiger partial charge in [0.1, 0.15) is 11.1 Å². The van der Waals surface area contributed by atoms with E-state index < -0.39 is 0 Å². The maximum absolute atomic E-state index is 6.53. The van der Waals surface area contributed by atoms with E-state index in [1.165, 1.54) is 33.0 Å². The molecule has 9 aromatic rings. The lowest BCUT2D eigenvalue weighted by Gasteiger charge is -2.26. The van der Waals surface area contributed by atoms with Gasteiger partial charge in [-0.2, -0.15) is 0 Å². The van der Waals surface area contributed by atoms with Gasteiger partial charge in [0.2, 0.25) is 0 Å². The fourth-order valence-corrected chi connectivity index (χ4v) is 6.52. The van der Waals surface area contributed by atoms with Gasteiger partial charge in [-0.1, -0.05) is 115 Å². The summed E-state index contributed by atoms with van der Waals surface area (Å²) >= 11 is 0. The first-order valence-electron chi connectivity index (χ1n) is 15.5. The van der Waals surface area contributed by atoms with E-state index in [4.69, 9.17) is 9.40 Å². The zero-order valence-corrected chi connectivity index (χ0v) is 25.0. The predicted molar refractivity (Wildman–Crippen MR) is 192 cm³/mol. The van der Waals surface area contributed by atoms with Crippen LogP contribution in [-0.2, 0) is 0 Å². The molecule has 3 nitrogen and oxygen atoms in total. The Bertz CT molecular complexity index is 2510. The standard InChI is InChI=1S/C43H28N2O/c1-2-8-29(9-3-1)31-16-20-36(21-17-31)45(37-22-18-32(19-23-37)34-15-14-30-10-4-5-11-33(30)26-34)38-24-25-40-41(27-38)46-43-39-13-7-6-12-35(39)28-44-42(40)43/h1-28H. The van der Waals surface area contributed by atoms with Gasteiger partial charge in [0.15, 0.2) is 5.58 Å². The first kappa shape index (κ1) is 26.2. The van der Waals surface area contributed by atoms with Gasteiger partial charge in [0.25, 0.3) is 0 Å². The lowest BCUT2D eigenvalue weighted by molar-refractivity contribution is 0.672. The van der Waals surface area contributed by atoms with Crippen molar-refractivity contribution in [2.75, 3.05) is 4.90 Å². The molecule has 0 aliphatic rings. The highest BCUT2D eigenvalue weighted by Crippen LogP contribution is 2.40. The molecule has 46 heavy (non-hydrogen) atoms. The first-order chi connectivity index (χ1) is 22.8. The van der Waals surface area contributed by atoms with Crippen LogP contribution in [-0.4, -0.2) is 4.98 Å². The van der Waals surface area contributed by atoms with Crippen LogP contribution >= 0.6 is 0 Å². The lowest BCUT2D eigenvalue weighted by Crippen LogP contribution is -2.09. The Morgan fingerprint density at radius 2 is 1.00 bits per heavy atom. The smallest absolute Gasteiger partial charge is 0.161 e. The Morgan fingerprint density at radius 3 is 1.76 bits per heavy atom. The van der Waals surface area contributed by atoms with Crippen LogP contribution in [0.3, 0.4) is 0 Å². The molecule has 0 unspecified atom stereocenters. The van der Waals surface area contributed by atoms with E-state index in [1.807, 2.05) is 24.4 Å². The number of fused-ring (bicyclic) bond motifs is 6. The number of aromatic nitrogens is 1. The molecule has 216 valence electrons. The molecule has 0 aliphatic heterocycles. The van der Waals surface area contributed by atoms with Crippen molar-refractivity contribution in [3.05, 3.63) is 170 Å². The molecule has 9 rings (SSSR count). The summed E-state index contributed by atoms with van der Waals surface area (Å²) in [5.74, 6) is 0. The van der Waals surface area contributed by atoms with Crippen molar-refractivity contribution in [1.82, 2.24) is 4.98 Å². The normalized spacial score (nSPS) is 11.5. The van der Waals surface area contributed by atoms with Crippen molar-refractivity contribution in [3.8, 4) is 22.3 Å². The Morgan fingerprint density at radius 1 is 0.413 bits per heavy atom. The van der Waals surface area contributed by atoms with Crippen LogP contribution in [0.4, 0.5) is 17.1 Å². The second kappa shape index (κ2) is 10.8. The number of furan rings is 1. The summed E-state index contributed by atoms with van der Waals surface area (Å²) in [5.41, 5.74) is 10.4. The summed E-state index contributed by atoms with van der Waals surface area (Å²) in [6.07, 6.45) is 1.93. The molecule has 0 N–H and O–H groups in total. The maximum atomic E-state index is 6.53. The summed E-state index contributed by atoms with van der Waals surface area (Å²) in [5, 5.41) is 5.64. The van der Waals surface area contributed by atoms with Gasteiger partial charge in [-0.05, 0) is 75.5 Å². The molecule has 0 bridgehead atoms. The zero-order chi connectivity index (χ0) is 30.5. The van der Waals surface area contributed by atoms with Crippen LogP contribution in [0.1, 0.15) is 0 Å². The van der Waals surface area contributed by atoms with Gasteiger partial charge in [0.05, 0.1) is 0 Å². The number of rotatable bonds is 5. The van der Waals surface area contributed by atoms with Crippen LogP contribution in [0.25, 0.3) is 65.9 Å². The van der Waals surface area contributed by atoms with E-state index in [9.17, 15) is 0 Å². The second-order valence-electron chi connectivity index (χ2n) is 11.7. The third kappa shape index (κ3) is 4.49. The molecule has 0 spiro atoms. The Balaban J connectivity index is 1.16. The molecule has 0 atom stereocenters. The molecule has 0 radical (unpaired) electrons. The lowest BCUT2D eigenvalue weighted by atomic mass is 10.0. The van der Waals surface area contributed by atoms with Crippen molar-refractivity contribution < 1.29 is 4.42 Å². The van der Waals surface area contributed by atoms with E-state index in [2.05, 4.69) is 150 Å². The van der Waals surface area contributed by atoms with Gasteiger partial charge in [-0.25, -0.2) is 0 Å². The fraction of sp³-hybridized carbons (Fsp3) is 0. The summed E-state index contributed by atoms with van der Waals surface area (Å²) in [6, 6.07) is 57.9. The number of nitrogens with zero attached hydrogens (tertiary/aromatic N) is 2. The minimum Gasteiger partial charge on any atom is -0.454 e. The Hall–Kier alpha value is -6.19. The summed E-state index contributed by atoms with van der Waals surface area (Å²) < 4.78 is 6.53. The minimum absolute atomic E-state index is 0.815. The monoisotopic (exact) mass is 588 g/mol. The fourth-order valence-electron chi connectivity index (χ4n) is 6.52. The second-order valence-corrected chi connectivity index (χ2v) is 11.7. The van der Waals surface area contributed by atoms with Crippen LogP contribution in [0.5, 0.6) is 0 Å². The van der Waals surface area contributed by atoms with E-state index in [-0.39, 0.29) is 0 Å². The summed E-state index contributed by atoms with van der Waals surface area (Å²) in [6.45, 7) is 0. The van der Waals surface area contributed by atoms with E-state index in [0.29, 0.717) is 0 Å². The van der Waals surface area contributed by atoms with Gasteiger partial charge in [-0.15, -0.1) is 0 Å². The number of benzene rings is 7. The highest BCUT2D eigenvalue weighted by Gasteiger charge is 2.17. The predicted octanol–water partition coefficient (Wildman–Crippen LogP) is 12.1. The van der Waals surface area contributed by atoms with E-state index in [0.717, 1.165) is 49.9 Å². The molecule has 0 amide bonds. The van der Waals surface area contributed by atoms with Gasteiger partial charge < -0.3 is 9.32 Å². The number of hydrogen-bond donors (Lipinski definition) is 0. The van der Waals surface area contributed by atoms with Crippen LogP contribution in [0.2, 0.25) is 0 Å². The molecule has 2 aromatic heterocycles. The molecular weight excluding hydrogens is 560 g/mol. The zero-order valence-electron chi connectivity index (χ0n) is 25.0. The third-order valence-electron chi connectivity index (χ3n) is 8.88. The van der Waals surface area contributed by atoms with Gasteiger partial charge in [-0.3, -0.25) is 4.98 Å². The third-order valence-corrected chi connectivity index (χ3v) is 8.88. The highest BCUT2D eigenvalue weighted by atomic mass is 16.3. The van der Waals surface area contributed by atoms with Crippen molar-refractivity contribution >= 4 is 60.7 Å². The number of hydrogen-bond acceptors (Lipinski definition) is 3. The van der Waals surface area contributed by atoms with E-state index >= 15 is 0 Å². The minimum atomic E-state index is 0.815. The highest BCUT2D eigenvalue weighted by molar-refractivity contribution is 6.13. The topological polar surface area (TPSA) is 29.3 Å². The molecule has 2 heterocycles. The quantitative estimate of drug-likeness (QED) is 0.200. The summed E-state index contributed by atoms with van der Waals surface area (Å²) in [7, 11) is 0. The van der Waals surface area contributed by atoms with E-state index in [1.54, 1.807) is 0 Å². The first-order valence-corrected chi connectivity index (χ1v) is 15.5. The van der Waals surface area contributed by atoms with Crippen molar-refractivity contribution in [3.63, 3.8) is 0 Å². The Labute approximate surface area is 266 Å². The van der Waals surface area contributed by atoms with Crippen molar-refractivity contribution in [1.29, 1.82) is 0 Å². The maximum Gasteiger partial charge on any atom is 0.161 e. The average molecular weight is 589 g/mol. The molecule has 0 fully saturated rings. The molecule has 0 saturated carbocycles. The SMILES string of the molecule is c1ccc(-c2ccc(N(c3ccc(-c4ccc5ccccc5c4)cc3)c3ccc4c(c3)oc3c5ccccc5cnc43)cc2)cc1. The average Bonchev–Trinajstić information content (AvgIpc) is 3.51. The molecule has 7 aromatic carbocycles. The largest absolute Gasteiger partial charge is 0.454 e. The molecule has 0 saturated heterocycles. The summed E-state index contributed by atoms with van der Waals surface area (Å²) in [4.78, 5) is 7.07. The van der Waals surface area contributed by atoms with Crippen LogP contribution < -0.4 is 4.90 Å². The number of anilines is 3. The van der Waals surface area contributed by atoms with Gasteiger partial charge >= 0.3 is 0 Å². The van der Waals surface area contributed by atoms with Crippen LogP contribution in [0, 0.1) is 0 Å². The Kier molecular flexibility index (Phi) is 6.14. The van der Waals surface area contributed by atoms with Crippen molar-refractivity contribution in [2.45, 2.75) is 0 Å².